The lowest BCUT2D eigenvalue weighted by Gasteiger charge is -2.30. The number of nitrogens with zero attached hydrogens (tertiary/aromatic N) is 4. The second-order valence-corrected chi connectivity index (χ2v) is 19.3. The topological polar surface area (TPSA) is 183 Å². The van der Waals surface area contributed by atoms with Crippen molar-refractivity contribution < 1.29 is 19.2 Å². The normalized spacial score (nSPS) is 20.5. The lowest BCUT2D eigenvalue weighted by molar-refractivity contribution is -0.138. The van der Waals surface area contributed by atoms with Crippen molar-refractivity contribution >= 4 is 113 Å². The lowest BCUT2D eigenvalue weighted by Crippen LogP contribution is -2.37. The van der Waals surface area contributed by atoms with Crippen molar-refractivity contribution in [2.75, 3.05) is 0 Å². The number of allylic oxidation sites excluding steroid dienone is 10. The molecule has 12 nitrogen and oxygen atoms in total. The molecule has 4 atom stereocenters. The Morgan fingerprint density at radius 1 is 0.343 bits per heavy atom. The average Bonchev–Trinajstić information content (AvgIpc) is 4.26. The molecule has 6 aromatic heterocycles. The maximum absolute atomic E-state index is 12.9. The number of aromatic amines is 4. The van der Waals surface area contributed by atoms with Gasteiger partial charge in [-0.05, 0) is 182 Å². The molecule has 20 bridgehead atoms. The highest BCUT2D eigenvalue weighted by molar-refractivity contribution is 6.48. The first-order valence-corrected chi connectivity index (χ1v) is 23.5. The Labute approximate surface area is 400 Å². The zero-order chi connectivity index (χ0) is 48.0. The third-order valence-electron chi connectivity index (χ3n) is 15.3. The van der Waals surface area contributed by atoms with Crippen LogP contribution in [-0.2, 0) is 19.2 Å². The molecule has 12 heteroatoms. The van der Waals surface area contributed by atoms with E-state index in [1.807, 2.05) is 97.1 Å². The minimum atomic E-state index is -0.583. The number of nitrogens with one attached hydrogen (secondary N) is 4. The van der Waals surface area contributed by atoms with Crippen LogP contribution in [0.4, 0.5) is 0 Å². The zero-order valence-electron chi connectivity index (χ0n) is 39.1. The molecule has 0 spiro atoms. The van der Waals surface area contributed by atoms with Crippen LogP contribution in [0.5, 0.6) is 0 Å². The van der Waals surface area contributed by atoms with Crippen molar-refractivity contribution in [3.8, 4) is 0 Å². The van der Waals surface area contributed by atoms with E-state index in [0.717, 1.165) is 134 Å². The summed E-state index contributed by atoms with van der Waals surface area (Å²) in [5, 5.41) is 0. The summed E-state index contributed by atoms with van der Waals surface area (Å²) in [7, 11) is 0. The molecule has 10 heterocycles. The molecule has 70 heavy (non-hydrogen) atoms. The van der Waals surface area contributed by atoms with Crippen LogP contribution in [0.2, 0.25) is 0 Å². The number of aromatic nitrogens is 8. The van der Waals surface area contributed by atoms with Crippen molar-refractivity contribution in [1.29, 1.82) is 0 Å². The van der Waals surface area contributed by atoms with Crippen molar-refractivity contribution in [1.82, 2.24) is 39.9 Å². The van der Waals surface area contributed by atoms with Gasteiger partial charge in [0.1, 0.15) is 0 Å². The van der Waals surface area contributed by atoms with Gasteiger partial charge in [0.2, 0.25) is 23.1 Å². The van der Waals surface area contributed by atoms with Crippen LogP contribution in [0.25, 0.3) is 89.7 Å². The zero-order valence-corrected chi connectivity index (χ0v) is 39.1. The highest BCUT2D eigenvalue weighted by Gasteiger charge is 2.48. The summed E-state index contributed by atoms with van der Waals surface area (Å²) in [5.41, 5.74) is 24.3. The van der Waals surface area contributed by atoms with E-state index in [9.17, 15) is 19.2 Å². The van der Waals surface area contributed by atoms with E-state index in [1.165, 1.54) is 0 Å². The van der Waals surface area contributed by atoms with Gasteiger partial charge in [0.05, 0.1) is 69.2 Å². The first kappa shape index (κ1) is 41.5. The third-order valence-corrected chi connectivity index (χ3v) is 15.3. The van der Waals surface area contributed by atoms with Crippen molar-refractivity contribution in [2.45, 2.75) is 41.5 Å². The summed E-state index contributed by atoms with van der Waals surface area (Å²) in [6.07, 6.45) is 11.3. The molecule has 4 N–H and O–H groups in total. The minimum Gasteiger partial charge on any atom is -0.355 e. The van der Waals surface area contributed by atoms with Gasteiger partial charge in [0, 0.05) is 44.1 Å². The Balaban J connectivity index is 0.000000139. The van der Waals surface area contributed by atoms with Gasteiger partial charge >= 0.3 is 0 Å². The van der Waals surface area contributed by atoms with Crippen molar-refractivity contribution in [2.24, 2.45) is 23.7 Å². The van der Waals surface area contributed by atoms with Gasteiger partial charge in [0.25, 0.3) is 0 Å². The molecule has 0 radical (unpaired) electrons. The van der Waals surface area contributed by atoms with Crippen LogP contribution < -0.4 is 0 Å². The number of hydrogen-bond donors (Lipinski definition) is 4. The van der Waals surface area contributed by atoms with Gasteiger partial charge in [-0.15, -0.1) is 0 Å². The SMILES string of the molecule is CC1=C(C)c2cc3[nH]c(cc4nc(cc5[nH]c(cc1n2)c(C)c5C)C1=C4C2C=CC1C(=O)C2=O)c(C)c3C.O=C1C(=O)C2C=CC1C1=C2c2cc3ccc(cc4ccc(cc5nc(cc1n2)C=C5)[nH]4)[nH]3. The number of H-pyrrole nitrogens is 4. The molecule has 0 amide bonds. The molecule has 10 aliphatic rings. The summed E-state index contributed by atoms with van der Waals surface area (Å²) < 4.78 is 0. The van der Waals surface area contributed by atoms with Gasteiger partial charge in [-0.25, -0.2) is 19.9 Å². The molecule has 0 fully saturated rings. The average molecular weight is 917 g/mol. The van der Waals surface area contributed by atoms with Gasteiger partial charge in [-0.3, -0.25) is 19.2 Å². The predicted octanol–water partition coefficient (Wildman–Crippen LogP) is 10.7. The van der Waals surface area contributed by atoms with Crippen LogP contribution in [-0.4, -0.2) is 63.0 Å². The van der Waals surface area contributed by atoms with Crippen LogP contribution in [0, 0.1) is 51.4 Å². The van der Waals surface area contributed by atoms with E-state index in [0.29, 0.717) is 11.4 Å². The second kappa shape index (κ2) is 14.9. The van der Waals surface area contributed by atoms with E-state index in [1.54, 1.807) is 0 Å². The fraction of sp³-hybridized carbons (Fsp3) is 0.172. The van der Waals surface area contributed by atoms with Crippen LogP contribution >= 0.6 is 0 Å². The van der Waals surface area contributed by atoms with E-state index in [4.69, 9.17) is 19.9 Å². The number of carbonyl (C=O) groups is 4. The van der Waals surface area contributed by atoms with Gasteiger partial charge in [-0.2, -0.15) is 0 Å². The highest BCUT2D eigenvalue weighted by Crippen LogP contribution is 2.50. The summed E-state index contributed by atoms with van der Waals surface area (Å²) in [5.74, 6) is -3.70. The number of aryl methyl sites for hydroxylation is 4. The molecule has 4 aliphatic heterocycles. The number of fused-ring (bicyclic) bond motifs is 18. The summed E-state index contributed by atoms with van der Waals surface area (Å²) in [6.45, 7) is 12.6. The molecule has 0 aromatic carbocycles. The highest BCUT2D eigenvalue weighted by atomic mass is 16.2. The Bertz CT molecular complexity index is 3950. The fourth-order valence-electron chi connectivity index (χ4n) is 11.0. The first-order chi connectivity index (χ1) is 33.8. The summed E-state index contributed by atoms with van der Waals surface area (Å²) in [6, 6.07) is 24.2. The minimum absolute atomic E-state index is 0.342. The maximum atomic E-state index is 12.9. The Morgan fingerprint density at radius 2 is 0.657 bits per heavy atom. The number of Topliss-reactive ketones (excluding diaryl/α,β-unsaturated/α-hetero) is 4. The van der Waals surface area contributed by atoms with Crippen LogP contribution in [0.3, 0.4) is 0 Å². The lowest BCUT2D eigenvalue weighted by atomic mass is 9.69. The molecule has 4 unspecified atom stereocenters. The number of ketones is 4. The Morgan fingerprint density at radius 3 is 1.07 bits per heavy atom. The monoisotopic (exact) mass is 916 g/mol. The van der Waals surface area contributed by atoms with E-state index in [2.05, 4.69) is 73.6 Å². The number of carbonyl (C=O) groups excluding carboxylic acids is 4. The van der Waals surface area contributed by atoms with Crippen LogP contribution in [0.15, 0.2) is 97.1 Å². The molecule has 6 aliphatic carbocycles. The smallest absolute Gasteiger partial charge is 0.210 e. The third kappa shape index (κ3) is 6.22. The Hall–Kier alpha value is -8.64. The van der Waals surface area contributed by atoms with Crippen LogP contribution in [0.1, 0.15) is 81.7 Å². The Kier molecular flexibility index (Phi) is 8.86. The number of rotatable bonds is 0. The van der Waals surface area contributed by atoms with Gasteiger partial charge < -0.3 is 19.9 Å². The molecule has 340 valence electrons. The summed E-state index contributed by atoms with van der Waals surface area (Å²) in [4.78, 5) is 84.6. The standard InChI is InChI=1S/C32H28N4O2.C26H16N4O2/c1-13-14(2)22-10-24-16(4)18(6)26(35-24)12-28-30-20-8-7-19(31(37)32(20)38)29(30)27(36-28)11-25-17(5)15(3)23(34-25)9-21(13)33-22;31-25-19-7-8-20(26(25)32)24-22-12-18-6-4-16(29-18)10-14-2-1-13(27-14)9-15-3-5-17(28-15)11-21(30-22)23(19)24/h7-12,19-20,34-35H,1-6H3;1-12,19-20,27-28H. The predicted molar refractivity (Wildman–Crippen MR) is 274 cm³/mol. The molecule has 0 saturated heterocycles. The van der Waals surface area contributed by atoms with E-state index in [-0.39, 0.29) is 23.1 Å². The first-order valence-electron chi connectivity index (χ1n) is 23.5. The van der Waals surface area contributed by atoms with Gasteiger partial charge in [0.15, 0.2) is 0 Å². The quantitative estimate of drug-likeness (QED) is 0.0856. The second-order valence-electron chi connectivity index (χ2n) is 19.3. The number of hydrogen-bond acceptors (Lipinski definition) is 8. The molecule has 0 saturated carbocycles. The molecular formula is C58H44N8O4. The van der Waals surface area contributed by atoms with Crippen molar-refractivity contribution in [3.63, 3.8) is 0 Å². The molecule has 16 rings (SSSR count). The van der Waals surface area contributed by atoms with Crippen molar-refractivity contribution in [3.05, 3.63) is 165 Å². The fourth-order valence-corrected chi connectivity index (χ4v) is 11.0. The summed E-state index contributed by atoms with van der Waals surface area (Å²) >= 11 is 0. The van der Waals surface area contributed by atoms with E-state index < -0.39 is 23.7 Å². The maximum Gasteiger partial charge on any atom is 0.210 e. The molecule has 6 aromatic rings. The van der Waals surface area contributed by atoms with E-state index >= 15 is 0 Å². The largest absolute Gasteiger partial charge is 0.355 e. The molecular weight excluding hydrogens is 873 g/mol. The van der Waals surface area contributed by atoms with Gasteiger partial charge in [-0.1, -0.05) is 24.3 Å².